The minimum atomic E-state index is -4.43. The van der Waals surface area contributed by atoms with Gasteiger partial charge in [-0.1, -0.05) is 12.1 Å². The second-order valence-corrected chi connectivity index (χ2v) is 3.67. The van der Waals surface area contributed by atoms with Gasteiger partial charge in [-0.15, -0.1) is 0 Å². The van der Waals surface area contributed by atoms with E-state index in [9.17, 15) is 4.57 Å². The summed E-state index contributed by atoms with van der Waals surface area (Å²) in [5.41, 5.74) is 0.503. The van der Waals surface area contributed by atoms with Crippen molar-refractivity contribution in [2.45, 2.75) is 6.61 Å². The van der Waals surface area contributed by atoms with Gasteiger partial charge in [-0.2, -0.15) is 0 Å². The third-order valence-corrected chi connectivity index (χ3v) is 1.78. The Bertz CT molecular complexity index is 331. The molecule has 5 nitrogen and oxygen atoms in total. The SMILES string of the molecule is O=P(O)(O)OCc1cccc(O)c1. The molecular formula is C7H9O5P. The smallest absolute Gasteiger partial charge is 0.469 e. The quantitative estimate of drug-likeness (QED) is 0.639. The predicted molar refractivity (Wildman–Crippen MR) is 44.9 cm³/mol. The molecule has 0 aliphatic rings. The Hall–Kier alpha value is -0.870. The van der Waals surface area contributed by atoms with Crippen LogP contribution in [0.2, 0.25) is 0 Å². The van der Waals surface area contributed by atoms with Gasteiger partial charge in [0.1, 0.15) is 5.75 Å². The van der Waals surface area contributed by atoms with Gasteiger partial charge >= 0.3 is 7.82 Å². The van der Waals surface area contributed by atoms with Crippen LogP contribution in [0.5, 0.6) is 5.75 Å². The Morgan fingerprint density at radius 1 is 1.38 bits per heavy atom. The maximum Gasteiger partial charge on any atom is 0.469 e. The molecule has 0 aromatic heterocycles. The third-order valence-electron chi connectivity index (χ3n) is 1.31. The second kappa shape index (κ2) is 3.89. The topological polar surface area (TPSA) is 87.0 Å². The number of hydrogen-bond donors (Lipinski definition) is 3. The van der Waals surface area contributed by atoms with Crippen LogP contribution < -0.4 is 0 Å². The van der Waals surface area contributed by atoms with Crippen LogP contribution in [0.4, 0.5) is 0 Å². The number of phenolic OH excluding ortho intramolecular Hbond substituents is 1. The molecule has 0 atom stereocenters. The fraction of sp³-hybridized carbons (Fsp3) is 0.143. The van der Waals surface area contributed by atoms with Gasteiger partial charge in [0.2, 0.25) is 0 Å². The van der Waals surface area contributed by atoms with Crippen molar-refractivity contribution in [2.24, 2.45) is 0 Å². The van der Waals surface area contributed by atoms with Crippen LogP contribution in [0, 0.1) is 0 Å². The monoisotopic (exact) mass is 204 g/mol. The molecule has 0 unspecified atom stereocenters. The van der Waals surface area contributed by atoms with Gasteiger partial charge in [0, 0.05) is 0 Å². The highest BCUT2D eigenvalue weighted by atomic mass is 31.2. The average molecular weight is 204 g/mol. The van der Waals surface area contributed by atoms with Gasteiger partial charge in [-0.25, -0.2) is 4.57 Å². The summed E-state index contributed by atoms with van der Waals surface area (Å²) >= 11 is 0. The number of rotatable bonds is 3. The molecule has 13 heavy (non-hydrogen) atoms. The van der Waals surface area contributed by atoms with Crippen LogP contribution in [0.1, 0.15) is 5.56 Å². The molecule has 6 heteroatoms. The van der Waals surface area contributed by atoms with Crippen molar-refractivity contribution in [3.05, 3.63) is 29.8 Å². The zero-order valence-corrected chi connectivity index (χ0v) is 7.52. The molecule has 0 amide bonds. The summed E-state index contributed by atoms with van der Waals surface area (Å²) < 4.78 is 14.5. The molecule has 1 aromatic carbocycles. The maximum atomic E-state index is 10.3. The highest BCUT2D eigenvalue weighted by molar-refractivity contribution is 7.46. The molecule has 0 fully saturated rings. The van der Waals surface area contributed by atoms with Crippen molar-refractivity contribution in [3.8, 4) is 5.75 Å². The minimum Gasteiger partial charge on any atom is -0.508 e. The molecule has 1 aromatic rings. The number of phenols is 1. The first-order chi connectivity index (χ1) is 5.97. The van der Waals surface area contributed by atoms with Crippen molar-refractivity contribution in [2.75, 3.05) is 0 Å². The Labute approximate surface area is 74.8 Å². The summed E-state index contributed by atoms with van der Waals surface area (Å²) in [6.07, 6.45) is 0. The Kier molecular flexibility index (Phi) is 3.06. The van der Waals surface area contributed by atoms with Gasteiger partial charge in [0.15, 0.2) is 0 Å². The fourth-order valence-corrected chi connectivity index (χ4v) is 1.12. The maximum absolute atomic E-state index is 10.3. The van der Waals surface area contributed by atoms with Gasteiger partial charge in [0.25, 0.3) is 0 Å². The van der Waals surface area contributed by atoms with Crippen LogP contribution in [-0.4, -0.2) is 14.9 Å². The van der Waals surface area contributed by atoms with Crippen LogP contribution in [0.25, 0.3) is 0 Å². The summed E-state index contributed by atoms with van der Waals surface area (Å²) in [6.45, 7) is -0.224. The van der Waals surface area contributed by atoms with E-state index in [0.717, 1.165) is 0 Å². The minimum absolute atomic E-state index is 0.0341. The lowest BCUT2D eigenvalue weighted by Crippen LogP contribution is -1.90. The van der Waals surface area contributed by atoms with Crippen molar-refractivity contribution in [1.82, 2.24) is 0 Å². The largest absolute Gasteiger partial charge is 0.508 e. The molecular weight excluding hydrogens is 195 g/mol. The molecule has 0 bridgehead atoms. The van der Waals surface area contributed by atoms with Crippen molar-refractivity contribution < 1.29 is 24.0 Å². The standard InChI is InChI=1S/C7H9O5P/c8-7-3-1-2-6(4-7)5-12-13(9,10)11/h1-4,8H,5H2,(H2,9,10,11). The Balaban J connectivity index is 2.60. The molecule has 0 saturated carbocycles. The molecule has 0 aliphatic heterocycles. The molecule has 0 spiro atoms. The number of hydrogen-bond acceptors (Lipinski definition) is 3. The molecule has 0 radical (unpaired) electrons. The number of aromatic hydroxyl groups is 1. The van der Waals surface area contributed by atoms with Gasteiger partial charge < -0.3 is 14.9 Å². The molecule has 0 saturated heterocycles. The number of phosphoric acid groups is 1. The van der Waals surface area contributed by atoms with E-state index < -0.39 is 7.82 Å². The fourth-order valence-electron chi connectivity index (χ4n) is 0.805. The zero-order valence-electron chi connectivity index (χ0n) is 6.62. The molecule has 0 aliphatic carbocycles. The molecule has 3 N–H and O–H groups in total. The Morgan fingerprint density at radius 3 is 2.62 bits per heavy atom. The molecule has 1 rings (SSSR count). The summed E-state index contributed by atoms with van der Waals surface area (Å²) in [5.74, 6) is 0.0341. The second-order valence-electron chi connectivity index (χ2n) is 2.43. The lowest BCUT2D eigenvalue weighted by molar-refractivity contribution is 0.189. The summed E-state index contributed by atoms with van der Waals surface area (Å²) in [4.78, 5) is 16.7. The first kappa shape index (κ1) is 10.2. The third kappa shape index (κ3) is 4.05. The van der Waals surface area contributed by atoms with Crippen LogP contribution in [0.15, 0.2) is 24.3 Å². The lowest BCUT2D eigenvalue weighted by Gasteiger charge is -2.04. The number of phosphoric ester groups is 1. The summed E-state index contributed by atoms with van der Waals surface area (Å²) in [5, 5.41) is 8.99. The highest BCUT2D eigenvalue weighted by Crippen LogP contribution is 2.37. The average Bonchev–Trinajstić information content (AvgIpc) is 2.00. The van der Waals surface area contributed by atoms with Crippen LogP contribution in [-0.2, 0) is 15.7 Å². The van der Waals surface area contributed by atoms with Crippen molar-refractivity contribution in [1.29, 1.82) is 0 Å². The zero-order chi connectivity index (χ0) is 9.90. The summed E-state index contributed by atoms with van der Waals surface area (Å²) in [7, 11) is -4.43. The first-order valence-corrected chi connectivity index (χ1v) is 4.98. The van der Waals surface area contributed by atoms with E-state index in [1.54, 1.807) is 12.1 Å². The van der Waals surface area contributed by atoms with Gasteiger partial charge in [-0.05, 0) is 17.7 Å². The highest BCUT2D eigenvalue weighted by Gasteiger charge is 2.13. The molecule has 0 heterocycles. The predicted octanol–water partition coefficient (Wildman–Crippen LogP) is 1.00. The van der Waals surface area contributed by atoms with E-state index in [1.165, 1.54) is 12.1 Å². The van der Waals surface area contributed by atoms with E-state index in [-0.39, 0.29) is 12.4 Å². The lowest BCUT2D eigenvalue weighted by atomic mass is 10.2. The van der Waals surface area contributed by atoms with Crippen LogP contribution in [0.3, 0.4) is 0 Å². The van der Waals surface area contributed by atoms with Crippen molar-refractivity contribution in [3.63, 3.8) is 0 Å². The number of benzene rings is 1. The van der Waals surface area contributed by atoms with E-state index in [0.29, 0.717) is 5.56 Å². The van der Waals surface area contributed by atoms with Crippen molar-refractivity contribution >= 4 is 7.82 Å². The molecule has 72 valence electrons. The van der Waals surface area contributed by atoms with Crippen LogP contribution >= 0.6 is 7.82 Å². The van der Waals surface area contributed by atoms with E-state index in [1.807, 2.05) is 0 Å². The van der Waals surface area contributed by atoms with E-state index in [2.05, 4.69) is 4.52 Å². The summed E-state index contributed by atoms with van der Waals surface area (Å²) in [6, 6.07) is 5.99. The van der Waals surface area contributed by atoms with Gasteiger partial charge in [-0.3, -0.25) is 4.52 Å². The Morgan fingerprint density at radius 2 is 2.08 bits per heavy atom. The normalized spacial score (nSPS) is 11.5. The van der Waals surface area contributed by atoms with Gasteiger partial charge in [0.05, 0.1) is 6.61 Å². The van der Waals surface area contributed by atoms with E-state index in [4.69, 9.17) is 14.9 Å². The van der Waals surface area contributed by atoms with E-state index >= 15 is 0 Å². The first-order valence-electron chi connectivity index (χ1n) is 3.45.